The van der Waals surface area contributed by atoms with E-state index in [2.05, 4.69) is 10.5 Å². The largest absolute Gasteiger partial charge is 0.489 e. The molecule has 0 radical (unpaired) electrons. The Hall–Kier alpha value is -3.85. The number of hydrogen-bond donors (Lipinski definition) is 1. The number of thioether (sulfide) groups is 1. The predicted molar refractivity (Wildman–Crippen MR) is 133 cm³/mol. The van der Waals surface area contributed by atoms with Gasteiger partial charge in [0.1, 0.15) is 18.1 Å². The molecule has 3 amide bonds. The normalized spacial score (nSPS) is 14.6. The van der Waals surface area contributed by atoms with Crippen LogP contribution in [-0.2, 0) is 22.6 Å². The van der Waals surface area contributed by atoms with Gasteiger partial charge >= 0.3 is 0 Å². The number of benzene rings is 2. The van der Waals surface area contributed by atoms with Crippen molar-refractivity contribution in [1.29, 1.82) is 0 Å². The highest BCUT2D eigenvalue weighted by Crippen LogP contribution is 2.31. The molecule has 1 saturated heterocycles. The highest BCUT2D eigenvalue weighted by atomic mass is 32.2. The zero-order chi connectivity index (χ0) is 24.8. The second-order valence-corrected chi connectivity index (χ2v) is 9.00. The molecule has 180 valence electrons. The van der Waals surface area contributed by atoms with Crippen molar-refractivity contribution in [2.24, 2.45) is 0 Å². The lowest BCUT2D eigenvalue weighted by Gasteiger charge is -2.13. The summed E-state index contributed by atoms with van der Waals surface area (Å²) in [6.07, 6.45) is 1.88. The fourth-order valence-electron chi connectivity index (χ4n) is 3.52. The summed E-state index contributed by atoms with van der Waals surface area (Å²) >= 11 is 0.909. The third kappa shape index (κ3) is 6.19. The van der Waals surface area contributed by atoms with Crippen LogP contribution < -0.4 is 10.1 Å². The molecule has 1 fully saturated rings. The highest BCUT2D eigenvalue weighted by molar-refractivity contribution is 8.18. The van der Waals surface area contributed by atoms with E-state index in [1.807, 2.05) is 56.3 Å². The summed E-state index contributed by atoms with van der Waals surface area (Å²) in [5.41, 5.74) is 3.40. The molecule has 1 aliphatic rings. The lowest BCUT2D eigenvalue weighted by molar-refractivity contribution is -0.124. The van der Waals surface area contributed by atoms with Crippen molar-refractivity contribution in [3.63, 3.8) is 0 Å². The van der Waals surface area contributed by atoms with Gasteiger partial charge in [0.25, 0.3) is 11.1 Å². The minimum atomic E-state index is -0.342. The number of hydrogen-bond acceptors (Lipinski definition) is 7. The number of carbonyl (C=O) groups is 3. The topological polar surface area (TPSA) is 102 Å². The van der Waals surface area contributed by atoms with Crippen LogP contribution in [0.3, 0.4) is 0 Å². The molecule has 9 heteroatoms. The number of aromatic nitrogens is 1. The number of nitrogens with zero attached hydrogens (tertiary/aromatic N) is 2. The Morgan fingerprint density at radius 2 is 1.86 bits per heavy atom. The highest BCUT2D eigenvalue weighted by Gasteiger charge is 2.34. The molecule has 8 nitrogen and oxygen atoms in total. The van der Waals surface area contributed by atoms with Gasteiger partial charge in [0.2, 0.25) is 5.91 Å². The first-order chi connectivity index (χ1) is 16.9. The maximum absolute atomic E-state index is 12.6. The monoisotopic (exact) mass is 491 g/mol. The Bertz CT molecular complexity index is 1230. The molecule has 0 saturated carbocycles. The molecule has 0 bridgehead atoms. The number of aryl methyl sites for hydroxylation is 2. The van der Waals surface area contributed by atoms with E-state index in [0.717, 1.165) is 44.8 Å². The fraction of sp³-hybridized carbons (Fsp3) is 0.231. The zero-order valence-corrected chi connectivity index (χ0v) is 20.3. The number of carbonyl (C=O) groups excluding carboxylic acids is 3. The molecule has 0 spiro atoms. The molecule has 4 rings (SSSR count). The van der Waals surface area contributed by atoms with Crippen LogP contribution in [0.1, 0.15) is 28.1 Å². The van der Waals surface area contributed by atoms with Gasteiger partial charge in [-0.3, -0.25) is 19.3 Å². The van der Waals surface area contributed by atoms with Crippen LogP contribution >= 0.6 is 11.8 Å². The Morgan fingerprint density at radius 1 is 1.11 bits per heavy atom. The SMILES string of the molecule is Cc1noc(C)c1COc1ccc(CC(=O)NCCN2C(=O)S/C(=C\c3ccccc3)C2=O)cc1. The van der Waals surface area contributed by atoms with Gasteiger partial charge < -0.3 is 14.6 Å². The first kappa shape index (κ1) is 24.3. The molecule has 1 aromatic heterocycles. The van der Waals surface area contributed by atoms with E-state index in [1.165, 1.54) is 0 Å². The van der Waals surface area contributed by atoms with Crippen molar-refractivity contribution in [3.05, 3.63) is 87.6 Å². The van der Waals surface area contributed by atoms with Gasteiger partial charge in [0.05, 0.1) is 22.6 Å². The summed E-state index contributed by atoms with van der Waals surface area (Å²) in [5, 5.41) is 6.35. The Labute approximate surface area is 207 Å². The van der Waals surface area contributed by atoms with Crippen molar-refractivity contribution >= 4 is 34.9 Å². The third-order valence-electron chi connectivity index (χ3n) is 5.48. The fourth-order valence-corrected chi connectivity index (χ4v) is 4.38. The molecule has 35 heavy (non-hydrogen) atoms. The minimum absolute atomic E-state index is 0.122. The van der Waals surface area contributed by atoms with Crippen molar-refractivity contribution in [3.8, 4) is 5.75 Å². The Morgan fingerprint density at radius 3 is 2.54 bits per heavy atom. The lowest BCUT2D eigenvalue weighted by atomic mass is 10.1. The minimum Gasteiger partial charge on any atom is -0.489 e. The Kier molecular flexibility index (Phi) is 7.67. The number of nitrogens with one attached hydrogen (secondary N) is 1. The lowest BCUT2D eigenvalue weighted by Crippen LogP contribution is -2.37. The number of imide groups is 1. The van der Waals surface area contributed by atoms with E-state index < -0.39 is 0 Å². The summed E-state index contributed by atoms with van der Waals surface area (Å²) in [5.74, 6) is 0.874. The average molecular weight is 492 g/mol. The molecule has 0 aliphatic carbocycles. The summed E-state index contributed by atoms with van der Waals surface area (Å²) < 4.78 is 10.9. The van der Waals surface area contributed by atoms with Gasteiger partial charge in [0.15, 0.2) is 0 Å². The molecule has 0 atom stereocenters. The van der Waals surface area contributed by atoms with E-state index >= 15 is 0 Å². The number of ether oxygens (including phenoxy) is 1. The van der Waals surface area contributed by atoms with Gasteiger partial charge in [-0.15, -0.1) is 0 Å². The van der Waals surface area contributed by atoms with Crippen LogP contribution in [0.5, 0.6) is 5.75 Å². The van der Waals surface area contributed by atoms with E-state index in [-0.39, 0.29) is 36.6 Å². The third-order valence-corrected chi connectivity index (χ3v) is 6.39. The van der Waals surface area contributed by atoms with Crippen LogP contribution in [0.4, 0.5) is 4.79 Å². The summed E-state index contributed by atoms with van der Waals surface area (Å²) in [6.45, 7) is 4.38. The molecule has 1 aliphatic heterocycles. The predicted octanol–water partition coefficient (Wildman–Crippen LogP) is 4.27. The quantitative estimate of drug-likeness (QED) is 0.446. The average Bonchev–Trinajstić information content (AvgIpc) is 3.31. The second kappa shape index (κ2) is 11.1. The standard InChI is InChI=1S/C26H25N3O5S/c1-17-22(18(2)34-28-17)16-33-21-10-8-20(9-11-21)15-24(30)27-12-13-29-25(31)23(35-26(29)32)14-19-6-4-3-5-7-19/h3-11,14H,12-13,15-16H2,1-2H3,(H,27,30)/b23-14-. The molecule has 1 N–H and O–H groups in total. The zero-order valence-electron chi connectivity index (χ0n) is 19.4. The van der Waals surface area contributed by atoms with Gasteiger partial charge in [-0.1, -0.05) is 47.6 Å². The van der Waals surface area contributed by atoms with Gasteiger partial charge in [-0.25, -0.2) is 0 Å². The molecule has 3 aromatic rings. The smallest absolute Gasteiger partial charge is 0.293 e. The van der Waals surface area contributed by atoms with Gasteiger partial charge in [-0.2, -0.15) is 0 Å². The van der Waals surface area contributed by atoms with Crippen molar-refractivity contribution < 1.29 is 23.6 Å². The van der Waals surface area contributed by atoms with Crippen molar-refractivity contribution in [2.45, 2.75) is 26.9 Å². The van der Waals surface area contributed by atoms with E-state index in [1.54, 1.807) is 18.2 Å². The second-order valence-electron chi connectivity index (χ2n) is 8.01. The van der Waals surface area contributed by atoms with E-state index in [9.17, 15) is 14.4 Å². The number of amides is 3. The van der Waals surface area contributed by atoms with Crippen LogP contribution in [0.2, 0.25) is 0 Å². The molecule has 2 heterocycles. The molecule has 2 aromatic carbocycles. The Balaban J connectivity index is 1.22. The van der Waals surface area contributed by atoms with Crippen LogP contribution in [0.15, 0.2) is 64.0 Å². The van der Waals surface area contributed by atoms with Crippen LogP contribution in [0, 0.1) is 13.8 Å². The summed E-state index contributed by atoms with van der Waals surface area (Å²) in [7, 11) is 0. The van der Waals surface area contributed by atoms with E-state index in [4.69, 9.17) is 9.26 Å². The van der Waals surface area contributed by atoms with Crippen molar-refractivity contribution in [2.75, 3.05) is 13.1 Å². The number of rotatable bonds is 9. The summed E-state index contributed by atoms with van der Waals surface area (Å²) in [4.78, 5) is 38.7. The maximum atomic E-state index is 12.6. The maximum Gasteiger partial charge on any atom is 0.293 e. The molecule has 0 unspecified atom stereocenters. The van der Waals surface area contributed by atoms with Gasteiger partial charge in [0, 0.05) is 13.1 Å². The van der Waals surface area contributed by atoms with Crippen LogP contribution in [-0.4, -0.2) is 40.2 Å². The summed E-state index contributed by atoms with van der Waals surface area (Å²) in [6, 6.07) is 16.6. The first-order valence-electron chi connectivity index (χ1n) is 11.1. The van der Waals surface area contributed by atoms with Crippen LogP contribution in [0.25, 0.3) is 6.08 Å². The van der Waals surface area contributed by atoms with Crippen molar-refractivity contribution in [1.82, 2.24) is 15.4 Å². The molecular formula is C26H25N3O5S. The van der Waals surface area contributed by atoms with E-state index in [0.29, 0.717) is 17.3 Å². The first-order valence-corrected chi connectivity index (χ1v) is 11.9. The molecular weight excluding hydrogens is 466 g/mol. The van der Waals surface area contributed by atoms with Gasteiger partial charge in [-0.05, 0) is 54.9 Å².